The van der Waals surface area contributed by atoms with Crippen LogP contribution in [0.15, 0.2) is 52.5 Å². The molecular weight excluding hydrogens is 590 g/mol. The van der Waals surface area contributed by atoms with E-state index in [1.165, 1.54) is 0 Å². The molecule has 206 valence electrons. The molecule has 0 bridgehead atoms. The maximum absolute atomic E-state index is 12.5. The highest BCUT2D eigenvalue weighted by Crippen LogP contribution is 2.31. The van der Waals surface area contributed by atoms with Crippen molar-refractivity contribution in [2.24, 2.45) is 0 Å². The highest BCUT2D eigenvalue weighted by atomic mass is 79.9. The lowest BCUT2D eigenvalue weighted by atomic mass is 10.1. The maximum atomic E-state index is 12.5. The Morgan fingerprint density at radius 1 is 1.05 bits per heavy atom. The van der Waals surface area contributed by atoms with Gasteiger partial charge >= 0.3 is 18.7 Å². The van der Waals surface area contributed by atoms with Gasteiger partial charge in [0.25, 0.3) is 0 Å². The van der Waals surface area contributed by atoms with Gasteiger partial charge in [-0.05, 0) is 71.3 Å². The molecule has 0 spiro atoms. The van der Waals surface area contributed by atoms with Gasteiger partial charge in [-0.25, -0.2) is 4.79 Å². The molecule has 1 atom stereocenters. The molecule has 0 heterocycles. The molecule has 0 fully saturated rings. The largest absolute Gasteiger partial charge is 0.573 e. The minimum absolute atomic E-state index is 0.0365. The number of alkyl halides is 6. The van der Waals surface area contributed by atoms with Gasteiger partial charge in [-0.3, -0.25) is 0 Å². The van der Waals surface area contributed by atoms with Crippen LogP contribution in [0.25, 0.3) is 0 Å². The normalized spacial score (nSPS) is 12.8. The maximum Gasteiger partial charge on any atom is 0.573 e. The van der Waals surface area contributed by atoms with Crippen LogP contribution in [0.5, 0.6) is 17.2 Å². The smallest absolute Gasteiger partial charge is 0.488 e. The van der Waals surface area contributed by atoms with Crippen LogP contribution in [-0.2, 0) is 16.0 Å². The van der Waals surface area contributed by atoms with Crippen molar-refractivity contribution in [2.75, 3.05) is 13.2 Å². The van der Waals surface area contributed by atoms with Gasteiger partial charge in [0.2, 0.25) is 0 Å². The number of carboxylic acids is 1. The fourth-order valence-corrected chi connectivity index (χ4v) is 3.47. The van der Waals surface area contributed by atoms with Crippen molar-refractivity contribution in [1.29, 1.82) is 0 Å². The summed E-state index contributed by atoms with van der Waals surface area (Å²) in [6.45, 7) is 3.55. The molecular formula is C25H21BrF6O6. The van der Waals surface area contributed by atoms with Crippen LogP contribution in [0.1, 0.15) is 25.0 Å². The summed E-state index contributed by atoms with van der Waals surface area (Å²) >= 11 is 3.35. The van der Waals surface area contributed by atoms with Crippen LogP contribution in [0.3, 0.4) is 0 Å². The van der Waals surface area contributed by atoms with Crippen LogP contribution in [0.2, 0.25) is 0 Å². The fourth-order valence-electron chi connectivity index (χ4n) is 2.93. The molecule has 0 saturated carbocycles. The highest BCUT2D eigenvalue weighted by Gasteiger charge is 2.33. The van der Waals surface area contributed by atoms with E-state index in [0.29, 0.717) is 27.4 Å². The van der Waals surface area contributed by atoms with Gasteiger partial charge in [0, 0.05) is 24.7 Å². The first-order chi connectivity index (χ1) is 17.6. The molecule has 38 heavy (non-hydrogen) atoms. The lowest BCUT2D eigenvalue weighted by Crippen LogP contribution is -2.26. The zero-order valence-electron chi connectivity index (χ0n) is 19.9. The first-order valence-corrected chi connectivity index (χ1v) is 11.6. The quantitative estimate of drug-likeness (QED) is 0.240. The number of hydrogen-bond donors (Lipinski definition) is 1. The summed E-state index contributed by atoms with van der Waals surface area (Å²) in [6, 6.07) is 7.11. The molecule has 2 rings (SSSR count). The van der Waals surface area contributed by atoms with Gasteiger partial charge in [-0.2, -0.15) is 0 Å². The Hall–Kier alpha value is -3.37. The summed E-state index contributed by atoms with van der Waals surface area (Å²) in [4.78, 5) is 11.3. The van der Waals surface area contributed by atoms with Crippen molar-refractivity contribution in [3.05, 3.63) is 63.6 Å². The predicted octanol–water partition coefficient (Wildman–Crippen LogP) is 6.66. The van der Waals surface area contributed by atoms with E-state index in [2.05, 4.69) is 37.2 Å². The molecule has 0 aliphatic rings. The van der Waals surface area contributed by atoms with E-state index in [-0.39, 0.29) is 25.2 Å². The van der Waals surface area contributed by atoms with E-state index in [1.807, 2.05) is 0 Å². The minimum atomic E-state index is -5.12. The number of benzene rings is 2. The molecule has 13 heteroatoms. The first kappa shape index (κ1) is 30.9. The Balaban J connectivity index is 2.10. The predicted molar refractivity (Wildman–Crippen MR) is 127 cm³/mol. The highest BCUT2D eigenvalue weighted by molar-refractivity contribution is 9.10. The van der Waals surface area contributed by atoms with Crippen molar-refractivity contribution in [1.82, 2.24) is 0 Å². The number of allylic oxidation sites excluding steroid dienone is 1. The number of rotatable bonds is 10. The third-order valence-electron chi connectivity index (χ3n) is 4.44. The average molecular weight is 611 g/mol. The Bertz CT molecular complexity index is 1180. The Morgan fingerprint density at radius 3 is 2.16 bits per heavy atom. The van der Waals surface area contributed by atoms with E-state index in [9.17, 15) is 36.2 Å². The second-order valence-electron chi connectivity index (χ2n) is 7.49. The van der Waals surface area contributed by atoms with Gasteiger partial charge in [-0.15, -0.1) is 26.3 Å². The van der Waals surface area contributed by atoms with Crippen molar-refractivity contribution in [3.63, 3.8) is 0 Å². The number of aliphatic carboxylic acids is 1. The molecule has 1 N–H and O–H groups in total. The second-order valence-corrected chi connectivity index (χ2v) is 8.34. The van der Waals surface area contributed by atoms with Crippen molar-refractivity contribution in [2.45, 2.75) is 39.1 Å². The van der Waals surface area contributed by atoms with E-state index in [1.54, 1.807) is 38.1 Å². The van der Waals surface area contributed by atoms with Crippen LogP contribution >= 0.6 is 15.9 Å². The summed E-state index contributed by atoms with van der Waals surface area (Å²) in [7, 11) is 0. The number of carbonyl (C=O) groups is 1. The van der Waals surface area contributed by atoms with E-state index >= 15 is 0 Å². The SMILES string of the molecule is CCO[C@@H](Cc1ccc(OC/C=C(\C)C#Cc2cc(OC(F)(F)F)cc(OC(F)(F)F)c2)c(Br)c1)C(=O)O. The lowest BCUT2D eigenvalue weighted by molar-refractivity contribution is -0.276. The van der Waals surface area contributed by atoms with Gasteiger partial charge in [0.05, 0.1) is 4.47 Å². The number of hydrogen-bond acceptors (Lipinski definition) is 5. The van der Waals surface area contributed by atoms with Crippen LogP contribution < -0.4 is 14.2 Å². The van der Waals surface area contributed by atoms with Crippen LogP contribution in [0, 0.1) is 11.8 Å². The summed E-state index contributed by atoms with van der Waals surface area (Å²) in [6.07, 6.45) is -9.53. The summed E-state index contributed by atoms with van der Waals surface area (Å²) in [5, 5.41) is 9.21. The number of carboxylic acid groups (broad SMARTS) is 1. The first-order valence-electron chi connectivity index (χ1n) is 10.8. The molecule has 6 nitrogen and oxygen atoms in total. The van der Waals surface area contributed by atoms with Gasteiger partial charge in [-0.1, -0.05) is 17.9 Å². The topological polar surface area (TPSA) is 74.2 Å². The fraction of sp³-hybridized carbons (Fsp3) is 0.320. The standard InChI is InChI=1S/C25H21BrF6O6/c1-3-35-22(23(33)34)13-17-6-7-21(20(26)12-17)36-9-8-15(2)4-5-16-10-18(37-24(27,28)29)14-19(11-16)38-25(30,31)32/h6-8,10-12,14,22H,3,9,13H2,1-2H3,(H,33,34)/b15-8+/t22-/m0/s1. The molecule has 2 aromatic rings. The summed E-state index contributed by atoms with van der Waals surface area (Å²) < 4.78 is 93.9. The van der Waals surface area contributed by atoms with E-state index in [4.69, 9.17) is 9.47 Å². The minimum Gasteiger partial charge on any atom is -0.488 e. The van der Waals surface area contributed by atoms with Gasteiger partial charge in [0.15, 0.2) is 6.10 Å². The molecule has 0 amide bonds. The van der Waals surface area contributed by atoms with E-state index in [0.717, 1.165) is 12.1 Å². The third kappa shape index (κ3) is 11.4. The van der Waals surface area contributed by atoms with Crippen LogP contribution in [0.4, 0.5) is 26.3 Å². The molecule has 0 aromatic heterocycles. The number of halogens is 7. The average Bonchev–Trinajstić information content (AvgIpc) is 2.76. The van der Waals surface area contributed by atoms with Crippen molar-refractivity contribution in [3.8, 4) is 29.1 Å². The second kappa shape index (κ2) is 13.4. The van der Waals surface area contributed by atoms with E-state index < -0.39 is 36.3 Å². The Labute approximate surface area is 222 Å². The molecule has 0 saturated heterocycles. The lowest BCUT2D eigenvalue weighted by Gasteiger charge is -2.13. The Kier molecular flexibility index (Phi) is 10.9. The molecule has 0 aliphatic carbocycles. The number of ether oxygens (including phenoxy) is 4. The molecule has 0 unspecified atom stereocenters. The summed E-state index contributed by atoms with van der Waals surface area (Å²) in [5.74, 6) is 2.61. The van der Waals surface area contributed by atoms with Crippen LogP contribution in [-0.4, -0.2) is 43.1 Å². The zero-order chi connectivity index (χ0) is 28.5. The monoisotopic (exact) mass is 610 g/mol. The third-order valence-corrected chi connectivity index (χ3v) is 5.06. The van der Waals surface area contributed by atoms with Gasteiger partial charge < -0.3 is 24.1 Å². The molecule has 0 aliphatic heterocycles. The zero-order valence-corrected chi connectivity index (χ0v) is 21.5. The molecule has 2 aromatic carbocycles. The molecule has 0 radical (unpaired) electrons. The Morgan fingerprint density at radius 2 is 1.66 bits per heavy atom. The van der Waals surface area contributed by atoms with Crippen molar-refractivity contribution >= 4 is 21.9 Å². The summed E-state index contributed by atoms with van der Waals surface area (Å²) in [5.41, 5.74) is 0.914. The van der Waals surface area contributed by atoms with Gasteiger partial charge in [0.1, 0.15) is 23.9 Å². The van der Waals surface area contributed by atoms with Crippen molar-refractivity contribution < 1.29 is 55.2 Å².